The van der Waals surface area contributed by atoms with Crippen LogP contribution in [0.2, 0.25) is 5.02 Å². The Kier molecular flexibility index (Phi) is 7.02. The molecule has 0 amide bonds. The predicted octanol–water partition coefficient (Wildman–Crippen LogP) is 5.89. The molecule has 1 fully saturated rings. The Labute approximate surface area is 220 Å². The Bertz CT molecular complexity index is 1590. The van der Waals surface area contributed by atoms with Crippen molar-refractivity contribution in [2.24, 2.45) is 0 Å². The molecule has 0 atom stereocenters. The summed E-state index contributed by atoms with van der Waals surface area (Å²) in [5.74, 6) is -0.115. The molecular weight excluding hydrogens is 536 g/mol. The first kappa shape index (κ1) is 25.1. The molecule has 36 heavy (non-hydrogen) atoms. The molecule has 10 heteroatoms. The van der Waals surface area contributed by atoms with Gasteiger partial charge in [0.25, 0.3) is 0 Å². The van der Waals surface area contributed by atoms with E-state index >= 15 is 0 Å². The number of aromatic nitrogens is 1. The molecule has 2 heterocycles. The number of sulfone groups is 1. The maximum Gasteiger partial charge on any atom is 0.243 e. The normalized spacial score (nSPS) is 14.8. The minimum absolute atomic E-state index is 0.115. The van der Waals surface area contributed by atoms with E-state index in [4.69, 9.17) is 16.6 Å². The number of rotatable bonds is 7. The molecule has 3 aromatic carbocycles. The van der Waals surface area contributed by atoms with Crippen molar-refractivity contribution in [3.8, 4) is 21.8 Å². The first-order valence-electron chi connectivity index (χ1n) is 11.4. The molecule has 0 N–H and O–H groups in total. The highest BCUT2D eigenvalue weighted by molar-refractivity contribution is 7.90. The number of thiazole rings is 1. The Morgan fingerprint density at radius 2 is 1.53 bits per heavy atom. The maximum atomic E-state index is 12.9. The fraction of sp³-hybridized carbons (Fsp3) is 0.192. The zero-order valence-corrected chi connectivity index (χ0v) is 22.4. The molecular formula is C26H23ClN2O4S3. The van der Waals surface area contributed by atoms with Crippen LogP contribution in [0.3, 0.4) is 0 Å². The second kappa shape index (κ2) is 10.1. The standard InChI is InChI=1S/C26H23ClN2O4S3/c27-22-10-12-23(13-11-22)35(30,31)18-19-6-8-20(9-7-19)26-28-25(17-34-26)21-4-3-5-24(16-21)36(32,33)29-14-1-2-15-29/h3-13,16-17H,1-2,14-15,18H2. The highest BCUT2D eigenvalue weighted by atomic mass is 35.5. The molecule has 0 spiro atoms. The second-order valence-corrected chi connectivity index (χ2v) is 13.8. The molecule has 5 rings (SSSR count). The fourth-order valence-corrected chi connectivity index (χ4v) is 7.99. The zero-order valence-electron chi connectivity index (χ0n) is 19.2. The lowest BCUT2D eigenvalue weighted by Crippen LogP contribution is -2.27. The maximum absolute atomic E-state index is 12.9. The third-order valence-electron chi connectivity index (χ3n) is 6.07. The molecule has 0 bridgehead atoms. The van der Waals surface area contributed by atoms with Gasteiger partial charge in [0, 0.05) is 34.6 Å². The molecule has 0 saturated carbocycles. The SMILES string of the molecule is O=S(=O)(Cc1ccc(-c2nc(-c3cccc(S(=O)(=O)N4CCCC4)c3)cs2)cc1)c1ccc(Cl)cc1. The van der Waals surface area contributed by atoms with E-state index in [-0.39, 0.29) is 15.5 Å². The van der Waals surface area contributed by atoms with Crippen LogP contribution in [0.15, 0.2) is 88.0 Å². The van der Waals surface area contributed by atoms with Crippen molar-refractivity contribution >= 4 is 42.8 Å². The van der Waals surface area contributed by atoms with Crippen LogP contribution in [0, 0.1) is 0 Å². The van der Waals surface area contributed by atoms with E-state index in [0.29, 0.717) is 29.4 Å². The Morgan fingerprint density at radius 1 is 0.833 bits per heavy atom. The molecule has 1 aliphatic rings. The van der Waals surface area contributed by atoms with Gasteiger partial charge in [0.1, 0.15) is 5.01 Å². The van der Waals surface area contributed by atoms with Crippen molar-refractivity contribution in [2.75, 3.05) is 13.1 Å². The van der Waals surface area contributed by atoms with E-state index in [1.54, 1.807) is 42.5 Å². The summed E-state index contributed by atoms with van der Waals surface area (Å²) in [6, 6.07) is 20.3. The topological polar surface area (TPSA) is 84.4 Å². The van der Waals surface area contributed by atoms with Gasteiger partial charge in [-0.1, -0.05) is 48.0 Å². The van der Waals surface area contributed by atoms with Gasteiger partial charge in [-0.3, -0.25) is 0 Å². The summed E-state index contributed by atoms with van der Waals surface area (Å²) in [5, 5.41) is 3.15. The average molecular weight is 559 g/mol. The molecule has 1 aliphatic heterocycles. The molecule has 186 valence electrons. The van der Waals surface area contributed by atoms with Gasteiger partial charge in [0.15, 0.2) is 9.84 Å². The van der Waals surface area contributed by atoms with E-state index in [1.807, 2.05) is 23.6 Å². The monoisotopic (exact) mass is 558 g/mol. The number of halogens is 1. The van der Waals surface area contributed by atoms with Crippen LogP contribution in [0.5, 0.6) is 0 Å². The molecule has 4 aromatic rings. The molecule has 6 nitrogen and oxygen atoms in total. The third-order valence-corrected chi connectivity index (χ3v) is 10.8. The molecule has 1 saturated heterocycles. The number of hydrogen-bond acceptors (Lipinski definition) is 6. The molecule has 1 aromatic heterocycles. The fourth-order valence-electron chi connectivity index (χ4n) is 4.12. The summed E-state index contributed by atoms with van der Waals surface area (Å²) in [5.41, 5.74) is 2.97. The summed E-state index contributed by atoms with van der Waals surface area (Å²) < 4.78 is 52.8. The van der Waals surface area contributed by atoms with Crippen LogP contribution in [0.4, 0.5) is 0 Å². The van der Waals surface area contributed by atoms with Crippen molar-refractivity contribution in [1.29, 1.82) is 0 Å². The molecule has 0 radical (unpaired) electrons. The minimum Gasteiger partial charge on any atom is -0.236 e. The summed E-state index contributed by atoms with van der Waals surface area (Å²) in [6.45, 7) is 1.12. The quantitative estimate of drug-likeness (QED) is 0.282. The molecule has 0 unspecified atom stereocenters. The Balaban J connectivity index is 1.34. The van der Waals surface area contributed by atoms with E-state index in [2.05, 4.69) is 0 Å². The first-order chi connectivity index (χ1) is 17.2. The summed E-state index contributed by atoms with van der Waals surface area (Å²) in [6.07, 6.45) is 1.78. The van der Waals surface area contributed by atoms with Crippen molar-refractivity contribution in [3.63, 3.8) is 0 Å². The molecule has 0 aliphatic carbocycles. The largest absolute Gasteiger partial charge is 0.243 e. The van der Waals surface area contributed by atoms with Gasteiger partial charge in [0.2, 0.25) is 10.0 Å². The van der Waals surface area contributed by atoms with Gasteiger partial charge in [-0.15, -0.1) is 11.3 Å². The average Bonchev–Trinajstić information content (AvgIpc) is 3.58. The second-order valence-electron chi connectivity index (χ2n) is 8.59. The van der Waals surface area contributed by atoms with Crippen LogP contribution in [-0.2, 0) is 25.6 Å². The Morgan fingerprint density at radius 3 is 2.22 bits per heavy atom. The van der Waals surface area contributed by atoms with Crippen LogP contribution in [0.1, 0.15) is 18.4 Å². The van der Waals surface area contributed by atoms with Crippen LogP contribution in [0.25, 0.3) is 21.8 Å². The van der Waals surface area contributed by atoms with E-state index in [9.17, 15) is 16.8 Å². The minimum atomic E-state index is -3.50. The Hall–Kier alpha value is -2.56. The van der Waals surface area contributed by atoms with Crippen molar-refractivity contribution < 1.29 is 16.8 Å². The van der Waals surface area contributed by atoms with Gasteiger partial charge in [-0.2, -0.15) is 4.31 Å². The van der Waals surface area contributed by atoms with Crippen LogP contribution in [-0.4, -0.2) is 39.2 Å². The number of hydrogen-bond donors (Lipinski definition) is 0. The van der Waals surface area contributed by atoms with Crippen molar-refractivity contribution in [3.05, 3.63) is 88.8 Å². The highest BCUT2D eigenvalue weighted by Gasteiger charge is 2.27. The highest BCUT2D eigenvalue weighted by Crippen LogP contribution is 2.31. The van der Waals surface area contributed by atoms with Gasteiger partial charge < -0.3 is 0 Å². The third kappa shape index (κ3) is 5.26. The van der Waals surface area contributed by atoms with Crippen molar-refractivity contribution in [1.82, 2.24) is 9.29 Å². The number of nitrogens with zero attached hydrogens (tertiary/aromatic N) is 2. The van der Waals surface area contributed by atoms with Gasteiger partial charge >= 0.3 is 0 Å². The van der Waals surface area contributed by atoms with E-state index < -0.39 is 19.9 Å². The van der Waals surface area contributed by atoms with Gasteiger partial charge in [-0.25, -0.2) is 21.8 Å². The van der Waals surface area contributed by atoms with Crippen LogP contribution >= 0.6 is 22.9 Å². The van der Waals surface area contributed by atoms with Gasteiger partial charge in [0.05, 0.1) is 21.2 Å². The predicted molar refractivity (Wildman–Crippen MR) is 143 cm³/mol. The van der Waals surface area contributed by atoms with Crippen LogP contribution < -0.4 is 0 Å². The summed E-state index contributed by atoms with van der Waals surface area (Å²) in [7, 11) is -6.99. The lowest BCUT2D eigenvalue weighted by atomic mass is 10.1. The first-order valence-corrected chi connectivity index (χ1v) is 15.7. The van der Waals surface area contributed by atoms with Gasteiger partial charge in [-0.05, 0) is 54.8 Å². The van der Waals surface area contributed by atoms with E-state index in [1.165, 1.54) is 27.8 Å². The lowest BCUT2D eigenvalue weighted by Gasteiger charge is -2.15. The summed E-state index contributed by atoms with van der Waals surface area (Å²) in [4.78, 5) is 5.22. The van der Waals surface area contributed by atoms with E-state index in [0.717, 1.165) is 29.0 Å². The zero-order chi connectivity index (χ0) is 25.3. The van der Waals surface area contributed by atoms with Crippen molar-refractivity contribution in [2.45, 2.75) is 28.4 Å². The number of sulfonamides is 1. The lowest BCUT2D eigenvalue weighted by molar-refractivity contribution is 0.477. The number of benzene rings is 3. The summed E-state index contributed by atoms with van der Waals surface area (Å²) >= 11 is 7.32. The smallest absolute Gasteiger partial charge is 0.236 e.